The molecule has 0 aliphatic carbocycles. The van der Waals surface area contributed by atoms with Crippen LogP contribution in [0.2, 0.25) is 0 Å². The van der Waals surface area contributed by atoms with Crippen molar-refractivity contribution < 1.29 is 14.4 Å². The summed E-state index contributed by atoms with van der Waals surface area (Å²) >= 11 is 0. The molecule has 1 aliphatic heterocycles. The van der Waals surface area contributed by atoms with Crippen LogP contribution in [0, 0.1) is 5.92 Å². The van der Waals surface area contributed by atoms with Crippen molar-refractivity contribution in [3.8, 4) is 0 Å². The second-order valence-corrected chi connectivity index (χ2v) is 7.60. The van der Waals surface area contributed by atoms with E-state index in [-0.39, 0.29) is 35.2 Å². The summed E-state index contributed by atoms with van der Waals surface area (Å²) in [6.07, 6.45) is 3.05. The van der Waals surface area contributed by atoms with Gasteiger partial charge < -0.3 is 27.0 Å². The van der Waals surface area contributed by atoms with Crippen LogP contribution in [-0.4, -0.2) is 46.7 Å². The molecule has 1 aromatic carbocycles. The van der Waals surface area contributed by atoms with Crippen LogP contribution in [0.3, 0.4) is 0 Å². The lowest BCUT2D eigenvalue weighted by Crippen LogP contribution is -2.44. The lowest BCUT2D eigenvalue weighted by molar-refractivity contribution is -0.119. The molecule has 1 aliphatic rings. The Hall–Kier alpha value is -3.53. The van der Waals surface area contributed by atoms with Crippen molar-refractivity contribution in [3.63, 3.8) is 0 Å². The Morgan fingerprint density at radius 2 is 1.97 bits per heavy atom. The maximum atomic E-state index is 11.8. The summed E-state index contributed by atoms with van der Waals surface area (Å²) < 4.78 is 0. The van der Waals surface area contributed by atoms with Crippen LogP contribution in [0.4, 0.5) is 23.1 Å². The second kappa shape index (κ2) is 9.98. The van der Waals surface area contributed by atoms with E-state index in [1.807, 2.05) is 6.07 Å². The van der Waals surface area contributed by atoms with Crippen LogP contribution in [0.5, 0.6) is 0 Å². The maximum Gasteiger partial charge on any atom is 0.254 e. The van der Waals surface area contributed by atoms with E-state index in [9.17, 15) is 14.4 Å². The molecule has 0 radical (unpaired) electrons. The normalized spacial score (nSPS) is 18.1. The summed E-state index contributed by atoms with van der Waals surface area (Å²) in [4.78, 5) is 43.1. The lowest BCUT2D eigenvalue weighted by atomic mass is 9.93. The molecular formula is C21H27N7O3. The van der Waals surface area contributed by atoms with E-state index >= 15 is 0 Å². The molecule has 10 heteroatoms. The predicted octanol–water partition coefficient (Wildman–Crippen LogP) is 1.65. The third-order valence-corrected chi connectivity index (χ3v) is 5.06. The fourth-order valence-electron chi connectivity index (χ4n) is 3.44. The Morgan fingerprint density at radius 3 is 2.61 bits per heavy atom. The number of hydrogen-bond donors (Lipinski definition) is 5. The van der Waals surface area contributed by atoms with Gasteiger partial charge in [-0.15, -0.1) is 0 Å². The van der Waals surface area contributed by atoms with Crippen LogP contribution >= 0.6 is 0 Å². The first-order chi connectivity index (χ1) is 14.8. The minimum absolute atomic E-state index is 0.0828. The lowest BCUT2D eigenvalue weighted by Gasteiger charge is -2.28. The van der Waals surface area contributed by atoms with Crippen molar-refractivity contribution in [2.24, 2.45) is 11.7 Å². The summed E-state index contributed by atoms with van der Waals surface area (Å²) in [5.41, 5.74) is 6.99. The van der Waals surface area contributed by atoms with Crippen LogP contribution < -0.4 is 27.0 Å². The molecule has 0 spiro atoms. The minimum atomic E-state index is -0.625. The Bertz CT molecular complexity index is 971. The molecule has 164 valence electrons. The smallest absolute Gasteiger partial charge is 0.254 e. The topological polar surface area (TPSA) is 151 Å². The minimum Gasteiger partial charge on any atom is -0.369 e. The Labute approximate surface area is 180 Å². The third kappa shape index (κ3) is 6.22. The van der Waals surface area contributed by atoms with Crippen molar-refractivity contribution in [3.05, 3.63) is 36.0 Å². The van der Waals surface area contributed by atoms with Crippen molar-refractivity contribution in [2.75, 3.05) is 29.0 Å². The molecule has 3 rings (SSSR count). The molecule has 2 atom stereocenters. The summed E-state index contributed by atoms with van der Waals surface area (Å²) in [5.74, 6) is 0.272. The average Bonchev–Trinajstić information content (AvgIpc) is 2.72. The molecule has 1 aromatic heterocycles. The van der Waals surface area contributed by atoms with Crippen molar-refractivity contribution >= 4 is 40.7 Å². The third-order valence-electron chi connectivity index (χ3n) is 5.06. The predicted molar refractivity (Wildman–Crippen MR) is 118 cm³/mol. The average molecular weight is 425 g/mol. The molecule has 2 aromatic rings. The molecule has 1 saturated heterocycles. The largest absolute Gasteiger partial charge is 0.369 e. The summed E-state index contributed by atoms with van der Waals surface area (Å²) in [7, 11) is 0. The van der Waals surface area contributed by atoms with Crippen molar-refractivity contribution in [1.82, 2.24) is 15.3 Å². The van der Waals surface area contributed by atoms with Crippen LogP contribution in [0.15, 0.2) is 30.5 Å². The van der Waals surface area contributed by atoms with Crippen LogP contribution in [0.25, 0.3) is 0 Å². The highest BCUT2D eigenvalue weighted by molar-refractivity contribution is 5.97. The van der Waals surface area contributed by atoms with E-state index in [4.69, 9.17) is 5.73 Å². The first-order valence-electron chi connectivity index (χ1n) is 10.1. The van der Waals surface area contributed by atoms with Crippen LogP contribution in [0.1, 0.15) is 37.0 Å². The number of rotatable bonds is 8. The number of primary amides is 1. The van der Waals surface area contributed by atoms with E-state index in [1.54, 1.807) is 25.1 Å². The van der Waals surface area contributed by atoms with Crippen LogP contribution in [-0.2, 0) is 9.59 Å². The number of piperidine rings is 1. The highest BCUT2D eigenvalue weighted by Gasteiger charge is 2.23. The molecule has 31 heavy (non-hydrogen) atoms. The van der Waals surface area contributed by atoms with Crippen molar-refractivity contribution in [2.45, 2.75) is 32.7 Å². The fraction of sp³-hybridized carbons (Fsp3) is 0.381. The monoisotopic (exact) mass is 425 g/mol. The van der Waals surface area contributed by atoms with Gasteiger partial charge in [0.25, 0.3) is 5.91 Å². The van der Waals surface area contributed by atoms with Gasteiger partial charge in [0, 0.05) is 37.6 Å². The molecule has 2 amide bonds. The zero-order valence-corrected chi connectivity index (χ0v) is 17.6. The van der Waals surface area contributed by atoms with Gasteiger partial charge in [-0.05, 0) is 43.9 Å². The van der Waals surface area contributed by atoms with E-state index in [0.29, 0.717) is 30.3 Å². The number of nitrogens with two attached hydrogens (primary N) is 1. The van der Waals surface area contributed by atoms with E-state index in [1.165, 1.54) is 13.1 Å². The number of carbonyl (C=O) groups excluding carboxylic acids is 3. The number of aromatic nitrogens is 2. The molecule has 0 bridgehead atoms. The number of nitrogens with zero attached hydrogens (tertiary/aromatic N) is 2. The van der Waals surface area contributed by atoms with Gasteiger partial charge in [-0.2, -0.15) is 4.98 Å². The van der Waals surface area contributed by atoms with Gasteiger partial charge in [-0.3, -0.25) is 14.4 Å². The molecule has 0 saturated carbocycles. The number of carbonyl (C=O) groups is 3. The Kier molecular flexibility index (Phi) is 7.14. The van der Waals surface area contributed by atoms with E-state index < -0.39 is 5.91 Å². The Balaban J connectivity index is 1.69. The standard InChI is InChI=1S/C21H27N7O3/c1-12(29)18-7-6-14(9-23-18)10-24-20-17(19(22)31)11-25-21(28-20)27-16-5-3-4-15(8-16)26-13(2)30/h3-5,8,11,14,18,23H,6-7,9-10H2,1-2H3,(H2,22,31)(H,26,30)(H2,24,25,27,28). The van der Waals surface area contributed by atoms with Gasteiger partial charge in [-0.25, -0.2) is 4.98 Å². The molecule has 2 heterocycles. The summed E-state index contributed by atoms with van der Waals surface area (Å²) in [6, 6.07) is 7.03. The van der Waals surface area contributed by atoms with E-state index in [2.05, 4.69) is 31.2 Å². The van der Waals surface area contributed by atoms with E-state index in [0.717, 1.165) is 12.8 Å². The molecule has 6 N–H and O–H groups in total. The maximum absolute atomic E-state index is 11.8. The van der Waals surface area contributed by atoms with Crippen molar-refractivity contribution in [1.29, 1.82) is 0 Å². The SMILES string of the molecule is CC(=O)Nc1cccc(Nc2ncc(C(N)=O)c(NCC3CCC(C(C)=O)NC3)n2)c1. The van der Waals surface area contributed by atoms with Gasteiger partial charge in [0.15, 0.2) is 0 Å². The first kappa shape index (κ1) is 22.2. The summed E-state index contributed by atoms with van der Waals surface area (Å²) in [6.45, 7) is 4.31. The highest BCUT2D eigenvalue weighted by Crippen LogP contribution is 2.21. The second-order valence-electron chi connectivity index (χ2n) is 7.60. The number of anilines is 4. The number of ketones is 1. The number of benzene rings is 1. The van der Waals surface area contributed by atoms with Gasteiger partial charge in [0.2, 0.25) is 11.9 Å². The number of nitrogens with one attached hydrogen (secondary N) is 4. The zero-order valence-electron chi connectivity index (χ0n) is 17.6. The highest BCUT2D eigenvalue weighted by atomic mass is 16.2. The molecule has 1 fully saturated rings. The Morgan fingerprint density at radius 1 is 1.19 bits per heavy atom. The zero-order chi connectivity index (χ0) is 22.4. The summed E-state index contributed by atoms with van der Waals surface area (Å²) in [5, 5.41) is 12.2. The quantitative estimate of drug-likeness (QED) is 0.428. The number of hydrogen-bond acceptors (Lipinski definition) is 8. The fourth-order valence-corrected chi connectivity index (χ4v) is 3.44. The van der Waals surface area contributed by atoms with Gasteiger partial charge >= 0.3 is 0 Å². The molecule has 2 unspecified atom stereocenters. The molecule has 10 nitrogen and oxygen atoms in total. The molecular weight excluding hydrogens is 398 g/mol. The number of Topliss-reactive ketones (excluding diaryl/α,β-unsaturated/α-hetero) is 1. The van der Waals surface area contributed by atoms with Gasteiger partial charge in [-0.1, -0.05) is 6.07 Å². The van der Waals surface area contributed by atoms with Gasteiger partial charge in [0.05, 0.1) is 11.6 Å². The first-order valence-corrected chi connectivity index (χ1v) is 10.1. The number of amides is 2. The van der Waals surface area contributed by atoms with Gasteiger partial charge in [0.1, 0.15) is 11.6 Å².